The predicted molar refractivity (Wildman–Crippen MR) is 111 cm³/mol. The second-order valence-corrected chi connectivity index (χ2v) is 8.15. The van der Waals surface area contributed by atoms with Crippen molar-refractivity contribution in [3.63, 3.8) is 0 Å². The molecule has 0 aliphatic carbocycles. The van der Waals surface area contributed by atoms with E-state index in [1.54, 1.807) is 17.4 Å². The van der Waals surface area contributed by atoms with Crippen LogP contribution in [0, 0.1) is 6.92 Å². The standard InChI is InChI=1S/C22H23N3O2S/c1-15-7-2-3-8-16(15)21(27)23-13-12-20(26)25-14-6-10-18(25)22-24-17-9-4-5-11-19(17)28-22/h2-5,7-9,11,18H,6,10,12-14H2,1H3,(H,23,27). The Hall–Kier alpha value is -2.73. The molecule has 1 saturated heterocycles. The Morgan fingerprint density at radius 1 is 1.18 bits per heavy atom. The summed E-state index contributed by atoms with van der Waals surface area (Å²) in [6.45, 7) is 3.01. The maximum absolute atomic E-state index is 12.8. The number of benzene rings is 2. The largest absolute Gasteiger partial charge is 0.352 e. The molecular weight excluding hydrogens is 370 g/mol. The third kappa shape index (κ3) is 3.78. The number of likely N-dealkylation sites (tertiary alicyclic amines) is 1. The minimum atomic E-state index is -0.130. The lowest BCUT2D eigenvalue weighted by Crippen LogP contribution is -2.34. The van der Waals surface area contributed by atoms with Gasteiger partial charge >= 0.3 is 0 Å². The molecule has 3 aromatic rings. The topological polar surface area (TPSA) is 62.3 Å². The van der Waals surface area contributed by atoms with Crippen LogP contribution in [-0.2, 0) is 4.79 Å². The van der Waals surface area contributed by atoms with Gasteiger partial charge < -0.3 is 10.2 Å². The quantitative estimate of drug-likeness (QED) is 0.710. The van der Waals surface area contributed by atoms with Crippen molar-refractivity contribution < 1.29 is 9.59 Å². The number of amides is 2. The number of thiazole rings is 1. The summed E-state index contributed by atoms with van der Waals surface area (Å²) in [5.41, 5.74) is 2.58. The van der Waals surface area contributed by atoms with E-state index in [9.17, 15) is 9.59 Å². The first kappa shape index (κ1) is 18.6. The molecule has 28 heavy (non-hydrogen) atoms. The van der Waals surface area contributed by atoms with Crippen molar-refractivity contribution in [1.82, 2.24) is 15.2 Å². The molecule has 1 aliphatic rings. The molecule has 0 radical (unpaired) electrons. The first-order valence-corrected chi connectivity index (χ1v) is 10.4. The first-order chi connectivity index (χ1) is 13.6. The molecule has 0 bridgehead atoms. The zero-order chi connectivity index (χ0) is 19.5. The second-order valence-electron chi connectivity index (χ2n) is 7.09. The maximum atomic E-state index is 12.8. The molecule has 6 heteroatoms. The van der Waals surface area contributed by atoms with Crippen molar-refractivity contribution in [2.24, 2.45) is 0 Å². The van der Waals surface area contributed by atoms with Gasteiger partial charge in [0.2, 0.25) is 5.91 Å². The molecule has 1 aliphatic heterocycles. The van der Waals surface area contributed by atoms with Crippen LogP contribution < -0.4 is 5.32 Å². The summed E-state index contributed by atoms with van der Waals surface area (Å²) >= 11 is 1.67. The number of aromatic nitrogens is 1. The normalized spacial score (nSPS) is 16.5. The van der Waals surface area contributed by atoms with Gasteiger partial charge in [0.15, 0.2) is 0 Å². The van der Waals surface area contributed by atoms with E-state index in [1.165, 1.54) is 0 Å². The van der Waals surface area contributed by atoms with Gasteiger partial charge in [0.05, 0.1) is 16.3 Å². The molecule has 1 unspecified atom stereocenters. The minimum Gasteiger partial charge on any atom is -0.352 e. The number of rotatable bonds is 5. The van der Waals surface area contributed by atoms with E-state index < -0.39 is 0 Å². The number of carbonyl (C=O) groups is 2. The van der Waals surface area contributed by atoms with E-state index >= 15 is 0 Å². The van der Waals surface area contributed by atoms with Crippen molar-refractivity contribution >= 4 is 33.4 Å². The molecule has 0 spiro atoms. The molecule has 144 valence electrons. The molecule has 2 amide bonds. The third-order valence-corrected chi connectivity index (χ3v) is 6.32. The molecule has 1 fully saturated rings. The van der Waals surface area contributed by atoms with Crippen LogP contribution in [0.5, 0.6) is 0 Å². The van der Waals surface area contributed by atoms with Crippen molar-refractivity contribution in [3.8, 4) is 0 Å². The third-order valence-electron chi connectivity index (χ3n) is 5.18. The van der Waals surface area contributed by atoms with Crippen LogP contribution in [-0.4, -0.2) is 34.8 Å². The molecule has 1 N–H and O–H groups in total. The van der Waals surface area contributed by atoms with Gasteiger partial charge in [-0.05, 0) is 43.5 Å². The fraction of sp³-hybridized carbons (Fsp3) is 0.318. The van der Waals surface area contributed by atoms with E-state index in [4.69, 9.17) is 4.98 Å². The zero-order valence-electron chi connectivity index (χ0n) is 15.9. The molecule has 2 heterocycles. The van der Waals surface area contributed by atoms with Crippen LogP contribution in [0.1, 0.15) is 46.2 Å². The highest BCUT2D eigenvalue weighted by Gasteiger charge is 2.31. The summed E-state index contributed by atoms with van der Waals surface area (Å²) < 4.78 is 1.15. The lowest BCUT2D eigenvalue weighted by atomic mass is 10.1. The Morgan fingerprint density at radius 2 is 1.96 bits per heavy atom. The number of hydrogen-bond acceptors (Lipinski definition) is 4. The summed E-state index contributed by atoms with van der Waals surface area (Å²) in [4.78, 5) is 31.8. The lowest BCUT2D eigenvalue weighted by Gasteiger charge is -2.23. The van der Waals surface area contributed by atoms with Crippen molar-refractivity contribution in [2.75, 3.05) is 13.1 Å². The summed E-state index contributed by atoms with van der Waals surface area (Å²) in [7, 11) is 0. The molecule has 1 aromatic heterocycles. The van der Waals surface area contributed by atoms with Gasteiger partial charge in [-0.25, -0.2) is 4.98 Å². The van der Waals surface area contributed by atoms with E-state index in [0.29, 0.717) is 18.5 Å². The van der Waals surface area contributed by atoms with Crippen molar-refractivity contribution in [1.29, 1.82) is 0 Å². The highest BCUT2D eigenvalue weighted by atomic mass is 32.1. The lowest BCUT2D eigenvalue weighted by molar-refractivity contribution is -0.132. The smallest absolute Gasteiger partial charge is 0.251 e. The van der Waals surface area contributed by atoms with Gasteiger partial charge in [0.25, 0.3) is 5.91 Å². The van der Waals surface area contributed by atoms with Crippen LogP contribution >= 0.6 is 11.3 Å². The van der Waals surface area contributed by atoms with E-state index in [-0.39, 0.29) is 17.9 Å². The van der Waals surface area contributed by atoms with Gasteiger partial charge in [0.1, 0.15) is 5.01 Å². The van der Waals surface area contributed by atoms with Crippen LogP contribution in [0.3, 0.4) is 0 Å². The summed E-state index contributed by atoms with van der Waals surface area (Å²) in [6.07, 6.45) is 2.24. The number of para-hydroxylation sites is 1. The van der Waals surface area contributed by atoms with Gasteiger partial charge in [0, 0.05) is 25.1 Å². The number of aryl methyl sites for hydroxylation is 1. The number of nitrogens with one attached hydrogen (secondary N) is 1. The zero-order valence-corrected chi connectivity index (χ0v) is 16.7. The number of nitrogens with zero attached hydrogens (tertiary/aromatic N) is 2. The highest BCUT2D eigenvalue weighted by Crippen LogP contribution is 2.36. The van der Waals surface area contributed by atoms with Crippen LogP contribution in [0.2, 0.25) is 0 Å². The van der Waals surface area contributed by atoms with E-state index in [1.807, 2.05) is 48.2 Å². The van der Waals surface area contributed by atoms with Crippen LogP contribution in [0.15, 0.2) is 48.5 Å². The average molecular weight is 394 g/mol. The Bertz CT molecular complexity index is 981. The van der Waals surface area contributed by atoms with Crippen molar-refractivity contribution in [3.05, 3.63) is 64.7 Å². The highest BCUT2D eigenvalue weighted by molar-refractivity contribution is 7.18. The Kier molecular flexibility index (Phi) is 5.39. The Morgan fingerprint density at radius 3 is 2.79 bits per heavy atom. The molecule has 0 saturated carbocycles. The molecule has 2 aromatic carbocycles. The van der Waals surface area contributed by atoms with Crippen LogP contribution in [0.4, 0.5) is 0 Å². The monoisotopic (exact) mass is 393 g/mol. The fourth-order valence-corrected chi connectivity index (χ4v) is 4.82. The Labute approximate surface area is 168 Å². The average Bonchev–Trinajstić information content (AvgIpc) is 3.34. The molecule has 1 atom stereocenters. The van der Waals surface area contributed by atoms with Gasteiger partial charge in [-0.15, -0.1) is 11.3 Å². The SMILES string of the molecule is Cc1ccccc1C(=O)NCCC(=O)N1CCCC1c1nc2ccccc2s1. The van der Waals surface area contributed by atoms with E-state index in [0.717, 1.165) is 40.2 Å². The minimum absolute atomic E-state index is 0.0527. The molecule has 4 rings (SSSR count). The summed E-state index contributed by atoms with van der Waals surface area (Å²) in [5, 5.41) is 3.88. The fourth-order valence-electron chi connectivity index (χ4n) is 3.70. The summed E-state index contributed by atoms with van der Waals surface area (Å²) in [6, 6.07) is 15.6. The van der Waals surface area contributed by atoms with Gasteiger partial charge in [-0.3, -0.25) is 9.59 Å². The maximum Gasteiger partial charge on any atom is 0.251 e. The summed E-state index contributed by atoms with van der Waals surface area (Å²) in [5.74, 6) is -0.0538. The van der Waals surface area contributed by atoms with Gasteiger partial charge in [-0.1, -0.05) is 30.3 Å². The van der Waals surface area contributed by atoms with Crippen molar-refractivity contribution in [2.45, 2.75) is 32.2 Å². The number of carbonyl (C=O) groups excluding carboxylic acids is 2. The van der Waals surface area contributed by atoms with E-state index in [2.05, 4.69) is 11.4 Å². The number of hydrogen-bond donors (Lipinski definition) is 1. The van der Waals surface area contributed by atoms with Crippen LogP contribution in [0.25, 0.3) is 10.2 Å². The predicted octanol–water partition coefficient (Wildman–Crippen LogP) is 4.09. The second kappa shape index (κ2) is 8.10. The molecule has 5 nitrogen and oxygen atoms in total. The Balaban J connectivity index is 1.37. The number of fused-ring (bicyclic) bond motifs is 1. The molecular formula is C22H23N3O2S. The first-order valence-electron chi connectivity index (χ1n) is 9.62. The van der Waals surface area contributed by atoms with Gasteiger partial charge in [-0.2, -0.15) is 0 Å².